The predicted octanol–water partition coefficient (Wildman–Crippen LogP) is 3.57. The highest BCUT2D eigenvalue weighted by atomic mass is 31.2. The van der Waals surface area contributed by atoms with Crippen molar-refractivity contribution in [1.82, 2.24) is 0 Å². The average molecular weight is 285 g/mol. The molecule has 0 heterocycles. The maximum Gasteiger partial charge on any atom is 0.351 e. The van der Waals surface area contributed by atoms with E-state index in [9.17, 15) is 19.6 Å². The fourth-order valence-corrected chi connectivity index (χ4v) is 2.35. The summed E-state index contributed by atoms with van der Waals surface area (Å²) in [5.41, 5.74) is 0.563. The van der Waals surface area contributed by atoms with E-state index in [-0.39, 0.29) is 11.8 Å². The van der Waals surface area contributed by atoms with E-state index in [1.54, 1.807) is 6.92 Å². The second-order valence-corrected chi connectivity index (χ2v) is 5.69. The molecule has 1 aromatic carbocycles. The van der Waals surface area contributed by atoms with Crippen LogP contribution in [0.1, 0.15) is 25.8 Å². The first-order valence-electron chi connectivity index (χ1n) is 5.78. The van der Waals surface area contributed by atoms with Gasteiger partial charge in [-0.25, -0.2) is 0 Å². The minimum atomic E-state index is -3.78. The lowest BCUT2D eigenvalue weighted by atomic mass is 10.2. The molecule has 1 rings (SSSR count). The highest BCUT2D eigenvalue weighted by molar-refractivity contribution is 7.56. The molecule has 2 unspecified atom stereocenters. The van der Waals surface area contributed by atoms with E-state index in [4.69, 9.17) is 4.52 Å². The van der Waals surface area contributed by atoms with E-state index in [1.807, 2.05) is 6.92 Å². The van der Waals surface area contributed by atoms with Gasteiger partial charge in [0.25, 0.3) is 5.69 Å². The van der Waals surface area contributed by atoms with Gasteiger partial charge in [0.2, 0.25) is 0 Å². The second-order valence-electron chi connectivity index (χ2n) is 4.05. The number of rotatable bonds is 6. The van der Waals surface area contributed by atoms with Gasteiger partial charge in [-0.1, -0.05) is 6.92 Å². The Balaban J connectivity index is 2.75. The SMILES string of the molecule is CCC(C)OP(=O)(O)C=Cc1ccc([N+](=O)[O-])cc1. The fourth-order valence-electron chi connectivity index (χ4n) is 1.25. The molecule has 19 heavy (non-hydrogen) atoms. The predicted molar refractivity (Wildman–Crippen MR) is 72.8 cm³/mol. The van der Waals surface area contributed by atoms with Gasteiger partial charge in [-0.05, 0) is 37.1 Å². The van der Waals surface area contributed by atoms with Crippen LogP contribution in [0.3, 0.4) is 0 Å². The summed E-state index contributed by atoms with van der Waals surface area (Å²) in [5.74, 6) is 1.08. The van der Waals surface area contributed by atoms with Gasteiger partial charge in [0.1, 0.15) is 0 Å². The molecule has 0 amide bonds. The molecular formula is C12H16NO5P. The summed E-state index contributed by atoms with van der Waals surface area (Å²) in [4.78, 5) is 19.5. The van der Waals surface area contributed by atoms with Gasteiger partial charge in [0, 0.05) is 17.9 Å². The average Bonchev–Trinajstić information content (AvgIpc) is 2.36. The third kappa shape index (κ3) is 5.34. The van der Waals surface area contributed by atoms with Gasteiger partial charge >= 0.3 is 7.60 Å². The lowest BCUT2D eigenvalue weighted by Gasteiger charge is -2.13. The van der Waals surface area contributed by atoms with E-state index in [0.717, 1.165) is 5.82 Å². The highest BCUT2D eigenvalue weighted by Crippen LogP contribution is 2.45. The largest absolute Gasteiger partial charge is 0.351 e. The first-order chi connectivity index (χ1) is 8.84. The van der Waals surface area contributed by atoms with Crippen LogP contribution in [-0.4, -0.2) is 15.9 Å². The first kappa shape index (κ1) is 15.6. The van der Waals surface area contributed by atoms with E-state index < -0.39 is 12.5 Å². The summed E-state index contributed by atoms with van der Waals surface area (Å²) >= 11 is 0. The van der Waals surface area contributed by atoms with E-state index in [1.165, 1.54) is 30.3 Å². The maximum absolute atomic E-state index is 11.7. The third-order valence-corrected chi connectivity index (χ3v) is 3.65. The van der Waals surface area contributed by atoms with Crippen LogP contribution in [0.15, 0.2) is 30.1 Å². The normalized spacial score (nSPS) is 16.2. The smallest absolute Gasteiger partial charge is 0.321 e. The first-order valence-corrected chi connectivity index (χ1v) is 7.43. The van der Waals surface area contributed by atoms with Crippen molar-refractivity contribution in [1.29, 1.82) is 0 Å². The topological polar surface area (TPSA) is 89.7 Å². The van der Waals surface area contributed by atoms with Crippen LogP contribution in [0, 0.1) is 10.1 Å². The van der Waals surface area contributed by atoms with Gasteiger partial charge in [-0.2, -0.15) is 0 Å². The Morgan fingerprint density at radius 1 is 1.47 bits per heavy atom. The summed E-state index contributed by atoms with van der Waals surface area (Å²) < 4.78 is 16.7. The van der Waals surface area contributed by atoms with E-state index in [0.29, 0.717) is 12.0 Å². The summed E-state index contributed by atoms with van der Waals surface area (Å²) in [7, 11) is -3.78. The van der Waals surface area contributed by atoms with Crippen LogP contribution < -0.4 is 0 Å². The Hall–Kier alpha value is -1.49. The molecule has 0 fully saturated rings. The van der Waals surface area contributed by atoms with Crippen LogP contribution in [0.4, 0.5) is 5.69 Å². The Bertz CT molecular complexity index is 511. The third-order valence-electron chi connectivity index (χ3n) is 2.47. The second kappa shape index (κ2) is 6.61. The molecule has 0 saturated carbocycles. The minimum absolute atomic E-state index is 0.0276. The van der Waals surface area contributed by atoms with Crippen LogP contribution in [0.5, 0.6) is 0 Å². The van der Waals surface area contributed by atoms with Gasteiger partial charge in [0.05, 0.1) is 11.0 Å². The molecule has 2 atom stereocenters. The van der Waals surface area contributed by atoms with Gasteiger partial charge in [-0.3, -0.25) is 14.7 Å². The van der Waals surface area contributed by atoms with Gasteiger partial charge < -0.3 is 9.42 Å². The molecule has 0 aliphatic heterocycles. The molecule has 0 aliphatic carbocycles. The molecule has 7 heteroatoms. The molecular weight excluding hydrogens is 269 g/mol. The van der Waals surface area contributed by atoms with Crippen LogP contribution >= 0.6 is 7.60 Å². The van der Waals surface area contributed by atoms with Crippen molar-refractivity contribution in [2.24, 2.45) is 0 Å². The summed E-state index contributed by atoms with van der Waals surface area (Å²) in [6.45, 7) is 3.56. The molecule has 104 valence electrons. The van der Waals surface area contributed by atoms with Crippen molar-refractivity contribution in [3.63, 3.8) is 0 Å². The molecule has 0 bridgehead atoms. The molecule has 0 aliphatic rings. The Morgan fingerprint density at radius 3 is 2.53 bits per heavy atom. The number of hydrogen-bond donors (Lipinski definition) is 1. The van der Waals surface area contributed by atoms with Crippen molar-refractivity contribution >= 4 is 19.4 Å². The van der Waals surface area contributed by atoms with Crippen LogP contribution in [-0.2, 0) is 9.09 Å². The Morgan fingerprint density at radius 2 is 2.05 bits per heavy atom. The van der Waals surface area contributed by atoms with Gasteiger partial charge in [-0.15, -0.1) is 0 Å². The molecule has 1 N–H and O–H groups in total. The molecule has 0 spiro atoms. The monoisotopic (exact) mass is 285 g/mol. The number of non-ortho nitro benzene ring substituents is 1. The Kier molecular flexibility index (Phi) is 5.42. The lowest BCUT2D eigenvalue weighted by molar-refractivity contribution is -0.384. The fraction of sp³-hybridized carbons (Fsp3) is 0.333. The van der Waals surface area contributed by atoms with Crippen molar-refractivity contribution in [2.75, 3.05) is 0 Å². The zero-order valence-electron chi connectivity index (χ0n) is 10.7. The summed E-state index contributed by atoms with van der Waals surface area (Å²) in [6, 6.07) is 5.66. The van der Waals surface area contributed by atoms with Crippen molar-refractivity contribution < 1.29 is 18.9 Å². The molecule has 0 aromatic heterocycles. The van der Waals surface area contributed by atoms with E-state index in [2.05, 4.69) is 0 Å². The quantitative estimate of drug-likeness (QED) is 0.490. The standard InChI is InChI=1S/C12H16NO5P/c1-3-10(2)18-19(16,17)9-8-11-4-6-12(7-5-11)13(14)15/h4-10H,3H2,1-2H3,(H,16,17). The molecule has 1 aromatic rings. The Labute approximate surface area is 111 Å². The number of nitrogens with zero attached hydrogens (tertiary/aromatic N) is 1. The highest BCUT2D eigenvalue weighted by Gasteiger charge is 2.17. The zero-order valence-corrected chi connectivity index (χ0v) is 11.6. The number of benzene rings is 1. The number of nitro groups is 1. The molecule has 0 radical (unpaired) electrons. The number of hydrogen-bond acceptors (Lipinski definition) is 4. The van der Waals surface area contributed by atoms with Gasteiger partial charge in [0.15, 0.2) is 0 Å². The van der Waals surface area contributed by atoms with Crippen LogP contribution in [0.25, 0.3) is 6.08 Å². The zero-order chi connectivity index (χ0) is 14.5. The lowest BCUT2D eigenvalue weighted by Crippen LogP contribution is -2.02. The van der Waals surface area contributed by atoms with Crippen LogP contribution in [0.2, 0.25) is 0 Å². The molecule has 0 saturated heterocycles. The maximum atomic E-state index is 11.7. The van der Waals surface area contributed by atoms with Crippen molar-refractivity contribution in [2.45, 2.75) is 26.4 Å². The minimum Gasteiger partial charge on any atom is -0.321 e. The molecule has 6 nitrogen and oxygen atoms in total. The van der Waals surface area contributed by atoms with Crippen molar-refractivity contribution in [3.8, 4) is 0 Å². The number of nitro benzene ring substituents is 1. The van der Waals surface area contributed by atoms with E-state index >= 15 is 0 Å². The van der Waals surface area contributed by atoms with Crippen molar-refractivity contribution in [3.05, 3.63) is 45.8 Å². The summed E-state index contributed by atoms with van der Waals surface area (Å²) in [6.07, 6.45) is 1.74. The summed E-state index contributed by atoms with van der Waals surface area (Å²) in [5, 5.41) is 10.5.